The summed E-state index contributed by atoms with van der Waals surface area (Å²) in [6.45, 7) is 0.196. The van der Waals surface area contributed by atoms with Crippen molar-refractivity contribution in [2.45, 2.75) is 5.92 Å². The van der Waals surface area contributed by atoms with Crippen LogP contribution in [0.3, 0.4) is 0 Å². The van der Waals surface area contributed by atoms with Crippen LogP contribution in [0.4, 0.5) is 0 Å². The van der Waals surface area contributed by atoms with Crippen LogP contribution in [0.1, 0.15) is 17.0 Å². The lowest BCUT2D eigenvalue weighted by atomic mass is 9.97. The molecule has 0 fully saturated rings. The van der Waals surface area contributed by atoms with Gasteiger partial charge in [-0.05, 0) is 21.9 Å². The third kappa shape index (κ3) is 1.20. The van der Waals surface area contributed by atoms with Crippen molar-refractivity contribution in [3.63, 3.8) is 0 Å². The number of aliphatic hydroxyl groups is 1. The zero-order valence-corrected chi connectivity index (χ0v) is 8.35. The number of fused-ring (bicyclic) bond motifs is 3. The summed E-state index contributed by atoms with van der Waals surface area (Å²) in [5.74, 6) is 0.185. The van der Waals surface area contributed by atoms with Gasteiger partial charge in [-0.15, -0.1) is 0 Å². The molecule has 1 N–H and O–H groups in total. The Balaban J connectivity index is 2.32. The van der Waals surface area contributed by atoms with E-state index in [2.05, 4.69) is 48.6 Å². The zero-order valence-electron chi connectivity index (χ0n) is 8.35. The molecule has 0 bridgehead atoms. The lowest BCUT2D eigenvalue weighted by molar-refractivity contribution is 0.284. The molecule has 0 spiro atoms. The average Bonchev–Trinajstić information content (AvgIpc) is 2.72. The Kier molecular flexibility index (Phi) is 1.86. The summed E-state index contributed by atoms with van der Waals surface area (Å²) >= 11 is 0. The Bertz CT molecular complexity index is 540. The van der Waals surface area contributed by atoms with Crippen LogP contribution in [0, 0.1) is 0 Å². The van der Waals surface area contributed by atoms with Gasteiger partial charge in [0.25, 0.3) is 0 Å². The number of aliphatic hydroxyl groups excluding tert-OH is 1. The normalized spacial score (nSPS) is 18.3. The molecule has 1 atom stereocenters. The second kappa shape index (κ2) is 3.21. The fraction of sp³-hybridized carbons (Fsp3) is 0.143. The minimum absolute atomic E-state index is 0.185. The molecule has 0 radical (unpaired) electrons. The molecule has 0 saturated heterocycles. The van der Waals surface area contributed by atoms with E-state index < -0.39 is 0 Å². The third-order valence-electron chi connectivity index (χ3n) is 3.10. The summed E-state index contributed by atoms with van der Waals surface area (Å²) in [6, 6.07) is 12.6. The van der Waals surface area contributed by atoms with Crippen molar-refractivity contribution in [2.24, 2.45) is 0 Å². The van der Waals surface area contributed by atoms with Gasteiger partial charge in [0.2, 0.25) is 0 Å². The SMILES string of the molecule is OCC1C=Cc2c1ccc1ccccc21. The summed E-state index contributed by atoms with van der Waals surface area (Å²) in [4.78, 5) is 0. The van der Waals surface area contributed by atoms with E-state index in [1.54, 1.807) is 0 Å². The second-order valence-corrected chi connectivity index (χ2v) is 3.94. The molecule has 1 aliphatic carbocycles. The molecule has 1 aliphatic rings. The molecule has 3 rings (SSSR count). The highest BCUT2D eigenvalue weighted by Crippen LogP contribution is 2.34. The van der Waals surface area contributed by atoms with E-state index in [-0.39, 0.29) is 12.5 Å². The molecule has 74 valence electrons. The first kappa shape index (κ1) is 8.69. The molecule has 1 unspecified atom stereocenters. The van der Waals surface area contributed by atoms with Crippen molar-refractivity contribution in [3.8, 4) is 0 Å². The van der Waals surface area contributed by atoms with Crippen LogP contribution >= 0.6 is 0 Å². The maximum atomic E-state index is 9.23. The largest absolute Gasteiger partial charge is 0.395 e. The zero-order chi connectivity index (χ0) is 10.3. The maximum absolute atomic E-state index is 9.23. The number of hydrogen-bond acceptors (Lipinski definition) is 1. The first-order chi connectivity index (χ1) is 7.40. The Hall–Kier alpha value is -1.60. The molecular formula is C14H12O. The topological polar surface area (TPSA) is 20.2 Å². The van der Waals surface area contributed by atoms with Gasteiger partial charge in [0.1, 0.15) is 0 Å². The van der Waals surface area contributed by atoms with Gasteiger partial charge in [0.15, 0.2) is 0 Å². The highest BCUT2D eigenvalue weighted by atomic mass is 16.3. The number of benzene rings is 2. The highest BCUT2D eigenvalue weighted by Gasteiger charge is 2.17. The summed E-state index contributed by atoms with van der Waals surface area (Å²) in [5, 5.41) is 11.8. The van der Waals surface area contributed by atoms with Crippen molar-refractivity contribution in [1.82, 2.24) is 0 Å². The van der Waals surface area contributed by atoms with Crippen LogP contribution in [0.5, 0.6) is 0 Å². The average molecular weight is 196 g/mol. The van der Waals surface area contributed by atoms with E-state index in [4.69, 9.17) is 0 Å². The molecular weight excluding hydrogens is 184 g/mol. The summed E-state index contributed by atoms with van der Waals surface area (Å²) in [6.07, 6.45) is 4.20. The van der Waals surface area contributed by atoms with E-state index in [0.29, 0.717) is 0 Å². The van der Waals surface area contributed by atoms with E-state index in [0.717, 1.165) is 0 Å². The van der Waals surface area contributed by atoms with Crippen molar-refractivity contribution >= 4 is 16.8 Å². The van der Waals surface area contributed by atoms with Gasteiger partial charge in [-0.3, -0.25) is 0 Å². The van der Waals surface area contributed by atoms with E-state index in [1.807, 2.05) is 0 Å². The molecule has 0 amide bonds. The molecule has 15 heavy (non-hydrogen) atoms. The second-order valence-electron chi connectivity index (χ2n) is 3.94. The number of hydrogen-bond donors (Lipinski definition) is 1. The Morgan fingerprint density at radius 1 is 1.07 bits per heavy atom. The van der Waals surface area contributed by atoms with Crippen molar-refractivity contribution < 1.29 is 5.11 Å². The predicted octanol–water partition coefficient (Wildman–Crippen LogP) is 2.94. The molecule has 0 aliphatic heterocycles. The molecule has 0 saturated carbocycles. The molecule has 0 aromatic heterocycles. The van der Waals surface area contributed by atoms with Crippen molar-refractivity contribution in [1.29, 1.82) is 0 Å². The van der Waals surface area contributed by atoms with E-state index in [9.17, 15) is 5.11 Å². The van der Waals surface area contributed by atoms with E-state index >= 15 is 0 Å². The molecule has 2 aromatic carbocycles. The van der Waals surface area contributed by atoms with Gasteiger partial charge in [-0.25, -0.2) is 0 Å². The van der Waals surface area contributed by atoms with Gasteiger partial charge in [0.05, 0.1) is 6.61 Å². The first-order valence-corrected chi connectivity index (χ1v) is 5.21. The molecule has 1 heteroatoms. The predicted molar refractivity (Wildman–Crippen MR) is 62.8 cm³/mol. The minimum Gasteiger partial charge on any atom is -0.395 e. The minimum atomic E-state index is 0.185. The van der Waals surface area contributed by atoms with Crippen LogP contribution in [0.2, 0.25) is 0 Å². The lowest BCUT2D eigenvalue weighted by Gasteiger charge is -2.09. The van der Waals surface area contributed by atoms with Crippen LogP contribution in [-0.2, 0) is 0 Å². The van der Waals surface area contributed by atoms with Crippen LogP contribution in [0.15, 0.2) is 42.5 Å². The van der Waals surface area contributed by atoms with E-state index in [1.165, 1.54) is 21.9 Å². The lowest BCUT2D eigenvalue weighted by Crippen LogP contribution is -1.98. The summed E-state index contributed by atoms with van der Waals surface area (Å²) in [7, 11) is 0. The van der Waals surface area contributed by atoms with Gasteiger partial charge < -0.3 is 5.11 Å². The van der Waals surface area contributed by atoms with Gasteiger partial charge >= 0.3 is 0 Å². The van der Waals surface area contributed by atoms with Crippen LogP contribution < -0.4 is 0 Å². The third-order valence-corrected chi connectivity index (χ3v) is 3.10. The molecule has 2 aromatic rings. The Morgan fingerprint density at radius 2 is 1.93 bits per heavy atom. The van der Waals surface area contributed by atoms with Gasteiger partial charge in [0, 0.05) is 5.92 Å². The summed E-state index contributed by atoms with van der Waals surface area (Å²) < 4.78 is 0. The van der Waals surface area contributed by atoms with Crippen molar-refractivity contribution in [3.05, 3.63) is 53.6 Å². The smallest absolute Gasteiger partial charge is 0.0534 e. The standard InChI is InChI=1S/C14H12O/c15-9-11-6-8-14-12-4-2-1-3-10(12)5-7-13(11)14/h1-8,11,15H,9H2. The Morgan fingerprint density at radius 3 is 2.80 bits per heavy atom. The quantitative estimate of drug-likeness (QED) is 0.743. The summed E-state index contributed by atoms with van der Waals surface area (Å²) in [5.41, 5.74) is 2.52. The van der Waals surface area contributed by atoms with Crippen LogP contribution in [0.25, 0.3) is 16.8 Å². The fourth-order valence-electron chi connectivity index (χ4n) is 2.30. The molecule has 0 heterocycles. The van der Waals surface area contributed by atoms with Crippen molar-refractivity contribution in [2.75, 3.05) is 6.61 Å². The van der Waals surface area contributed by atoms with Crippen LogP contribution in [-0.4, -0.2) is 11.7 Å². The Labute approximate surface area is 88.7 Å². The van der Waals surface area contributed by atoms with Gasteiger partial charge in [-0.2, -0.15) is 0 Å². The molecule has 1 nitrogen and oxygen atoms in total. The monoisotopic (exact) mass is 196 g/mol. The van der Waals surface area contributed by atoms with Gasteiger partial charge in [-0.1, -0.05) is 48.6 Å². The first-order valence-electron chi connectivity index (χ1n) is 5.21. The fourth-order valence-corrected chi connectivity index (χ4v) is 2.30. The maximum Gasteiger partial charge on any atom is 0.0534 e. The highest BCUT2D eigenvalue weighted by molar-refractivity contribution is 5.93. The number of rotatable bonds is 1.